The zero-order chi connectivity index (χ0) is 14.5. The number of halogens is 2. The van der Waals surface area contributed by atoms with Gasteiger partial charge in [-0.25, -0.2) is 4.98 Å². The second-order valence-electron chi connectivity index (χ2n) is 3.54. The van der Waals surface area contributed by atoms with Gasteiger partial charge in [-0.2, -0.15) is 5.10 Å². The number of hydrazone groups is 1. The highest BCUT2D eigenvalue weighted by Gasteiger charge is 2.15. The predicted molar refractivity (Wildman–Crippen MR) is 88.3 cm³/mol. The number of hydrogen-bond acceptors (Lipinski definition) is 6. The van der Waals surface area contributed by atoms with Crippen molar-refractivity contribution in [3.05, 3.63) is 32.2 Å². The van der Waals surface area contributed by atoms with Gasteiger partial charge < -0.3 is 9.47 Å². The molecule has 8 heteroatoms. The van der Waals surface area contributed by atoms with Gasteiger partial charge in [0.1, 0.15) is 10.2 Å². The van der Waals surface area contributed by atoms with Gasteiger partial charge >= 0.3 is 0 Å². The van der Waals surface area contributed by atoms with E-state index in [-0.39, 0.29) is 0 Å². The SMILES string of the molecule is COc1c(Br)cc(/C=N\Nc2nccs2)c(OC)c1Br. The van der Waals surface area contributed by atoms with E-state index in [0.717, 1.165) is 19.6 Å². The maximum Gasteiger partial charge on any atom is 0.203 e. The van der Waals surface area contributed by atoms with Crippen LogP contribution in [0.25, 0.3) is 0 Å². The molecule has 2 rings (SSSR count). The number of rotatable bonds is 5. The molecule has 20 heavy (non-hydrogen) atoms. The molecule has 1 N–H and O–H groups in total. The Kier molecular flexibility index (Phi) is 5.38. The Hall–Kier alpha value is -1.12. The first-order chi connectivity index (χ1) is 9.67. The van der Waals surface area contributed by atoms with Crippen LogP contribution in [0.1, 0.15) is 5.56 Å². The van der Waals surface area contributed by atoms with Crippen molar-refractivity contribution in [2.24, 2.45) is 5.10 Å². The highest BCUT2D eigenvalue weighted by atomic mass is 79.9. The minimum Gasteiger partial charge on any atom is -0.495 e. The zero-order valence-corrected chi connectivity index (χ0v) is 14.7. The molecule has 0 aliphatic rings. The second-order valence-corrected chi connectivity index (χ2v) is 6.08. The third-order valence-corrected chi connectivity index (χ3v) is 4.35. The average molecular weight is 421 g/mol. The highest BCUT2D eigenvalue weighted by molar-refractivity contribution is 9.11. The molecule has 0 radical (unpaired) electrons. The summed E-state index contributed by atoms with van der Waals surface area (Å²) in [5.74, 6) is 1.32. The highest BCUT2D eigenvalue weighted by Crippen LogP contribution is 2.42. The van der Waals surface area contributed by atoms with Crippen molar-refractivity contribution in [2.75, 3.05) is 19.6 Å². The van der Waals surface area contributed by atoms with E-state index in [0.29, 0.717) is 11.5 Å². The molecule has 2 aromatic rings. The summed E-state index contributed by atoms with van der Waals surface area (Å²) in [4.78, 5) is 4.08. The summed E-state index contributed by atoms with van der Waals surface area (Å²) >= 11 is 8.39. The van der Waals surface area contributed by atoms with Crippen LogP contribution in [0, 0.1) is 0 Å². The lowest BCUT2D eigenvalue weighted by Gasteiger charge is -2.12. The van der Waals surface area contributed by atoms with E-state index in [4.69, 9.17) is 9.47 Å². The van der Waals surface area contributed by atoms with Crippen molar-refractivity contribution in [3.8, 4) is 11.5 Å². The number of hydrogen-bond donors (Lipinski definition) is 1. The van der Waals surface area contributed by atoms with Gasteiger partial charge in [0, 0.05) is 17.1 Å². The lowest BCUT2D eigenvalue weighted by atomic mass is 10.2. The number of benzene rings is 1. The van der Waals surface area contributed by atoms with Gasteiger partial charge in [-0.15, -0.1) is 11.3 Å². The van der Waals surface area contributed by atoms with Crippen molar-refractivity contribution >= 4 is 54.5 Å². The van der Waals surface area contributed by atoms with Gasteiger partial charge in [0.05, 0.1) is 24.9 Å². The van der Waals surface area contributed by atoms with Crippen LogP contribution in [0.15, 0.2) is 31.7 Å². The van der Waals surface area contributed by atoms with E-state index in [1.165, 1.54) is 11.3 Å². The number of anilines is 1. The molecular weight excluding hydrogens is 410 g/mol. The molecule has 0 spiro atoms. The largest absolute Gasteiger partial charge is 0.495 e. The molecule has 0 aliphatic carbocycles. The molecule has 0 unspecified atom stereocenters. The molecule has 0 bridgehead atoms. The lowest BCUT2D eigenvalue weighted by molar-refractivity contribution is 0.387. The van der Waals surface area contributed by atoms with Crippen molar-refractivity contribution in [3.63, 3.8) is 0 Å². The molecule has 0 saturated carbocycles. The van der Waals surface area contributed by atoms with Gasteiger partial charge in [-0.3, -0.25) is 5.43 Å². The molecule has 1 aromatic carbocycles. The fourth-order valence-electron chi connectivity index (χ4n) is 1.53. The smallest absolute Gasteiger partial charge is 0.203 e. The normalized spacial score (nSPS) is 10.8. The Balaban J connectivity index is 2.29. The minimum atomic E-state index is 0.648. The van der Waals surface area contributed by atoms with Gasteiger partial charge in [-0.05, 0) is 37.9 Å². The molecule has 0 atom stereocenters. The summed E-state index contributed by atoms with van der Waals surface area (Å²) in [7, 11) is 3.20. The molecule has 5 nitrogen and oxygen atoms in total. The summed E-state index contributed by atoms with van der Waals surface area (Å²) in [5, 5.41) is 6.74. The lowest BCUT2D eigenvalue weighted by Crippen LogP contribution is -1.97. The third kappa shape index (κ3) is 3.31. The van der Waals surface area contributed by atoms with E-state index in [2.05, 4.69) is 47.4 Å². The number of ether oxygens (including phenoxy) is 2. The first kappa shape index (κ1) is 15.3. The van der Waals surface area contributed by atoms with Crippen LogP contribution in [-0.2, 0) is 0 Å². The number of nitrogens with zero attached hydrogens (tertiary/aromatic N) is 2. The van der Waals surface area contributed by atoms with Crippen molar-refractivity contribution < 1.29 is 9.47 Å². The monoisotopic (exact) mass is 419 g/mol. The molecule has 106 valence electrons. The van der Waals surface area contributed by atoms with Gasteiger partial charge in [0.15, 0.2) is 5.75 Å². The zero-order valence-electron chi connectivity index (χ0n) is 10.7. The predicted octanol–water partition coefficient (Wildman–Crippen LogP) is 4.13. The maximum atomic E-state index is 5.38. The summed E-state index contributed by atoms with van der Waals surface area (Å²) in [6, 6.07) is 1.87. The number of thiazole rings is 1. The van der Waals surface area contributed by atoms with Crippen molar-refractivity contribution in [2.45, 2.75) is 0 Å². The molecular formula is C12H11Br2N3O2S. The first-order valence-electron chi connectivity index (χ1n) is 5.46. The topological polar surface area (TPSA) is 55.7 Å². The average Bonchev–Trinajstić information content (AvgIpc) is 2.92. The van der Waals surface area contributed by atoms with Crippen LogP contribution in [-0.4, -0.2) is 25.4 Å². The second kappa shape index (κ2) is 7.05. The van der Waals surface area contributed by atoms with Crippen LogP contribution in [0.2, 0.25) is 0 Å². The third-order valence-electron chi connectivity index (χ3n) is 2.36. The Morgan fingerprint density at radius 2 is 2.05 bits per heavy atom. The standard InChI is InChI=1S/C12H11Br2N3O2S/c1-18-10-7(5-8(13)11(19-2)9(10)14)6-16-17-12-15-3-4-20-12/h3-6H,1-2H3,(H,15,17)/b16-6-. The van der Waals surface area contributed by atoms with Crippen molar-refractivity contribution in [1.82, 2.24) is 4.98 Å². The van der Waals surface area contributed by atoms with Crippen LogP contribution >= 0.6 is 43.2 Å². The van der Waals surface area contributed by atoms with Crippen LogP contribution in [0.3, 0.4) is 0 Å². The number of aromatic nitrogens is 1. The molecule has 0 amide bonds. The molecule has 0 saturated heterocycles. The quantitative estimate of drug-likeness (QED) is 0.583. The van der Waals surface area contributed by atoms with E-state index in [9.17, 15) is 0 Å². The Bertz CT molecular complexity index is 618. The summed E-state index contributed by atoms with van der Waals surface area (Å²) < 4.78 is 12.2. The Labute approximate surface area is 137 Å². The van der Waals surface area contributed by atoms with Crippen LogP contribution in [0.4, 0.5) is 5.13 Å². The minimum absolute atomic E-state index is 0.648. The maximum absolute atomic E-state index is 5.38. The number of nitrogens with one attached hydrogen (secondary N) is 1. The molecule has 0 aliphatic heterocycles. The summed E-state index contributed by atoms with van der Waals surface area (Å²) in [5.41, 5.74) is 3.65. The Morgan fingerprint density at radius 1 is 1.30 bits per heavy atom. The number of methoxy groups -OCH3 is 2. The van der Waals surface area contributed by atoms with Gasteiger partial charge in [-0.1, -0.05) is 0 Å². The Morgan fingerprint density at radius 3 is 2.65 bits per heavy atom. The summed E-state index contributed by atoms with van der Waals surface area (Å²) in [6.45, 7) is 0. The fourth-order valence-corrected chi connectivity index (χ4v) is 3.65. The van der Waals surface area contributed by atoms with E-state index >= 15 is 0 Å². The molecule has 0 fully saturated rings. The fraction of sp³-hybridized carbons (Fsp3) is 0.167. The summed E-state index contributed by atoms with van der Waals surface area (Å²) in [6.07, 6.45) is 3.37. The van der Waals surface area contributed by atoms with E-state index < -0.39 is 0 Å². The van der Waals surface area contributed by atoms with E-state index in [1.54, 1.807) is 26.6 Å². The van der Waals surface area contributed by atoms with Gasteiger partial charge in [0.2, 0.25) is 5.13 Å². The first-order valence-corrected chi connectivity index (χ1v) is 7.92. The van der Waals surface area contributed by atoms with Crippen molar-refractivity contribution in [1.29, 1.82) is 0 Å². The van der Waals surface area contributed by atoms with Gasteiger partial charge in [0.25, 0.3) is 0 Å². The van der Waals surface area contributed by atoms with Crippen LogP contribution in [0.5, 0.6) is 11.5 Å². The van der Waals surface area contributed by atoms with E-state index in [1.807, 2.05) is 11.4 Å². The van der Waals surface area contributed by atoms with Crippen LogP contribution < -0.4 is 14.9 Å². The molecule has 1 aromatic heterocycles. The molecule has 1 heterocycles.